The number of carbonyl (C=O) groups excluding carboxylic acids is 2. The van der Waals surface area contributed by atoms with Gasteiger partial charge < -0.3 is 10.1 Å². The quantitative estimate of drug-likeness (QED) is 0.685. The molecule has 2 fully saturated rings. The Balaban J connectivity index is 1.66. The molecule has 0 aromatic heterocycles. The van der Waals surface area contributed by atoms with Gasteiger partial charge >= 0.3 is 5.97 Å². The van der Waals surface area contributed by atoms with E-state index in [-0.39, 0.29) is 31.8 Å². The number of rotatable bonds is 5. The van der Waals surface area contributed by atoms with E-state index in [0.29, 0.717) is 24.8 Å². The SMILES string of the molecule is COC(=O)C1(NC(=O)C2CCN(S(=O)(=O)c3cc(F)ccc3F)CC2)CCC(C)CC1. The van der Waals surface area contributed by atoms with Crippen molar-refractivity contribution in [2.45, 2.75) is 55.9 Å². The van der Waals surface area contributed by atoms with E-state index in [2.05, 4.69) is 12.2 Å². The smallest absolute Gasteiger partial charge is 0.331 e. The van der Waals surface area contributed by atoms with Crippen molar-refractivity contribution in [3.63, 3.8) is 0 Å². The minimum absolute atomic E-state index is 0.00136. The molecule has 1 saturated carbocycles. The largest absolute Gasteiger partial charge is 0.467 e. The Kier molecular flexibility index (Phi) is 7.00. The molecular formula is C21H28F2N2O5S. The van der Waals surface area contributed by atoms with Crippen molar-refractivity contribution in [3.05, 3.63) is 29.8 Å². The Morgan fingerprint density at radius 2 is 1.74 bits per heavy atom. The van der Waals surface area contributed by atoms with Crippen molar-refractivity contribution in [1.29, 1.82) is 0 Å². The van der Waals surface area contributed by atoms with E-state index in [0.717, 1.165) is 29.3 Å². The van der Waals surface area contributed by atoms with Crippen molar-refractivity contribution in [2.24, 2.45) is 11.8 Å². The number of nitrogens with one attached hydrogen (secondary N) is 1. The van der Waals surface area contributed by atoms with Crippen LogP contribution in [0.1, 0.15) is 45.4 Å². The van der Waals surface area contributed by atoms with Gasteiger partial charge in [0.15, 0.2) is 0 Å². The molecule has 0 radical (unpaired) electrons. The number of hydrogen-bond acceptors (Lipinski definition) is 5. The molecule has 10 heteroatoms. The molecule has 1 aliphatic heterocycles. The molecule has 1 heterocycles. The number of halogens is 2. The molecule has 0 atom stereocenters. The predicted molar refractivity (Wildman–Crippen MR) is 108 cm³/mol. The lowest BCUT2D eigenvalue weighted by molar-refractivity contribution is -0.153. The molecule has 1 amide bonds. The van der Waals surface area contributed by atoms with E-state index in [9.17, 15) is 26.8 Å². The topological polar surface area (TPSA) is 92.8 Å². The molecular weight excluding hydrogens is 430 g/mol. The highest BCUT2D eigenvalue weighted by Crippen LogP contribution is 2.34. The first-order valence-electron chi connectivity index (χ1n) is 10.4. The Morgan fingerprint density at radius 3 is 2.32 bits per heavy atom. The van der Waals surface area contributed by atoms with Crippen LogP contribution in [-0.4, -0.2) is 50.3 Å². The fraction of sp³-hybridized carbons (Fsp3) is 0.619. The van der Waals surface area contributed by atoms with Gasteiger partial charge in [0, 0.05) is 19.0 Å². The lowest BCUT2D eigenvalue weighted by atomic mass is 9.76. The Hall–Kier alpha value is -2.07. The van der Waals surface area contributed by atoms with Gasteiger partial charge in [-0.2, -0.15) is 4.31 Å². The van der Waals surface area contributed by atoms with Crippen LogP contribution in [0.15, 0.2) is 23.1 Å². The molecule has 3 rings (SSSR count). The number of esters is 1. The maximum absolute atomic E-state index is 14.0. The van der Waals surface area contributed by atoms with Gasteiger partial charge in [-0.1, -0.05) is 6.92 Å². The van der Waals surface area contributed by atoms with Crippen LogP contribution >= 0.6 is 0 Å². The molecule has 2 aliphatic rings. The van der Waals surface area contributed by atoms with E-state index >= 15 is 0 Å². The number of benzene rings is 1. The third-order valence-electron chi connectivity index (χ3n) is 6.40. The maximum atomic E-state index is 14.0. The summed E-state index contributed by atoms with van der Waals surface area (Å²) in [7, 11) is -2.92. The van der Waals surface area contributed by atoms with Gasteiger partial charge in [-0.15, -0.1) is 0 Å². The molecule has 31 heavy (non-hydrogen) atoms. The number of amides is 1. The summed E-state index contributed by atoms with van der Waals surface area (Å²) in [5.74, 6) is -2.66. The van der Waals surface area contributed by atoms with E-state index in [1.807, 2.05) is 0 Å². The lowest BCUT2D eigenvalue weighted by Gasteiger charge is -2.39. The minimum Gasteiger partial charge on any atom is -0.467 e. The summed E-state index contributed by atoms with van der Waals surface area (Å²) in [5, 5.41) is 2.88. The predicted octanol–water partition coefficient (Wildman–Crippen LogP) is 2.60. The molecule has 1 aromatic rings. The summed E-state index contributed by atoms with van der Waals surface area (Å²) in [6.45, 7) is 2.10. The van der Waals surface area contributed by atoms with Crippen LogP contribution < -0.4 is 5.32 Å². The fourth-order valence-corrected chi connectivity index (χ4v) is 5.89. The van der Waals surface area contributed by atoms with Crippen LogP contribution in [0.4, 0.5) is 8.78 Å². The number of sulfonamides is 1. The highest BCUT2D eigenvalue weighted by molar-refractivity contribution is 7.89. The zero-order chi connectivity index (χ0) is 22.8. The van der Waals surface area contributed by atoms with Crippen LogP contribution in [0, 0.1) is 23.5 Å². The van der Waals surface area contributed by atoms with E-state index in [1.165, 1.54) is 7.11 Å². The summed E-state index contributed by atoms with van der Waals surface area (Å²) >= 11 is 0. The number of nitrogens with zero attached hydrogens (tertiary/aromatic N) is 1. The second kappa shape index (κ2) is 9.20. The third kappa shape index (κ3) is 4.90. The van der Waals surface area contributed by atoms with Crippen molar-refractivity contribution < 1.29 is 31.5 Å². The van der Waals surface area contributed by atoms with Crippen molar-refractivity contribution in [3.8, 4) is 0 Å². The third-order valence-corrected chi connectivity index (χ3v) is 8.32. The zero-order valence-electron chi connectivity index (χ0n) is 17.7. The highest BCUT2D eigenvalue weighted by atomic mass is 32.2. The second-order valence-corrected chi connectivity index (χ2v) is 10.4. The molecule has 7 nitrogen and oxygen atoms in total. The van der Waals surface area contributed by atoms with Gasteiger partial charge in [0.25, 0.3) is 0 Å². The normalized spacial score (nSPS) is 25.7. The average Bonchev–Trinajstić information content (AvgIpc) is 2.76. The van der Waals surface area contributed by atoms with Crippen molar-refractivity contribution in [2.75, 3.05) is 20.2 Å². The Bertz CT molecular complexity index is 937. The zero-order valence-corrected chi connectivity index (χ0v) is 18.5. The van der Waals surface area contributed by atoms with Crippen LogP contribution in [0.25, 0.3) is 0 Å². The molecule has 1 N–H and O–H groups in total. The Morgan fingerprint density at radius 1 is 1.13 bits per heavy atom. The molecule has 1 aromatic carbocycles. The van der Waals surface area contributed by atoms with Gasteiger partial charge in [-0.3, -0.25) is 4.79 Å². The van der Waals surface area contributed by atoms with Crippen LogP contribution in [-0.2, 0) is 24.3 Å². The number of methoxy groups -OCH3 is 1. The summed E-state index contributed by atoms with van der Waals surface area (Å²) < 4.78 is 58.9. The maximum Gasteiger partial charge on any atom is 0.331 e. The number of carbonyl (C=O) groups is 2. The van der Waals surface area contributed by atoms with E-state index in [1.54, 1.807) is 0 Å². The average molecular weight is 459 g/mol. The monoisotopic (exact) mass is 458 g/mol. The first-order valence-corrected chi connectivity index (χ1v) is 11.9. The van der Waals surface area contributed by atoms with E-state index < -0.39 is 44.0 Å². The van der Waals surface area contributed by atoms with Crippen LogP contribution in [0.5, 0.6) is 0 Å². The molecule has 0 spiro atoms. The standard InChI is InChI=1S/C21H28F2N2O5S/c1-14-5-9-21(10-6-14,20(27)30-2)24-19(26)15-7-11-25(12-8-15)31(28,29)18-13-16(22)3-4-17(18)23/h3-4,13-15H,5-12H2,1-2H3,(H,24,26). The summed E-state index contributed by atoms with van der Waals surface area (Å²) in [6.07, 6.45) is 3.03. The summed E-state index contributed by atoms with van der Waals surface area (Å²) in [5.41, 5.74) is -1.05. The van der Waals surface area contributed by atoms with Crippen molar-refractivity contribution >= 4 is 21.9 Å². The lowest BCUT2D eigenvalue weighted by Crippen LogP contribution is -2.58. The van der Waals surface area contributed by atoms with Gasteiger partial charge in [-0.05, 0) is 62.6 Å². The molecule has 1 aliphatic carbocycles. The number of piperidine rings is 1. The van der Waals surface area contributed by atoms with E-state index in [4.69, 9.17) is 4.74 Å². The number of hydrogen-bond donors (Lipinski definition) is 1. The molecule has 0 bridgehead atoms. The highest BCUT2D eigenvalue weighted by Gasteiger charge is 2.45. The van der Waals surface area contributed by atoms with Gasteiger partial charge in [0.1, 0.15) is 22.1 Å². The molecule has 0 unspecified atom stereocenters. The second-order valence-electron chi connectivity index (χ2n) is 8.50. The van der Waals surface area contributed by atoms with Crippen LogP contribution in [0.2, 0.25) is 0 Å². The number of ether oxygens (including phenoxy) is 1. The fourth-order valence-electron chi connectivity index (χ4n) is 4.34. The van der Waals surface area contributed by atoms with Gasteiger partial charge in [-0.25, -0.2) is 22.0 Å². The Labute approximate surface area is 181 Å². The first kappa shape index (κ1) is 23.6. The van der Waals surface area contributed by atoms with Crippen molar-refractivity contribution in [1.82, 2.24) is 9.62 Å². The molecule has 1 saturated heterocycles. The minimum atomic E-state index is -4.21. The first-order chi connectivity index (χ1) is 14.6. The van der Waals surface area contributed by atoms with Gasteiger partial charge in [0.05, 0.1) is 7.11 Å². The van der Waals surface area contributed by atoms with Gasteiger partial charge in [0.2, 0.25) is 15.9 Å². The summed E-state index contributed by atoms with van der Waals surface area (Å²) in [6, 6.07) is 2.29. The van der Waals surface area contributed by atoms with Crippen LogP contribution in [0.3, 0.4) is 0 Å². The molecule has 172 valence electrons. The summed E-state index contributed by atoms with van der Waals surface area (Å²) in [4.78, 5) is 24.6.